The lowest BCUT2D eigenvalue weighted by molar-refractivity contribution is 0.347. The van der Waals surface area contributed by atoms with E-state index in [9.17, 15) is 0 Å². The lowest BCUT2D eigenvalue weighted by Crippen LogP contribution is -2.25. The Morgan fingerprint density at radius 3 is 2.22 bits per heavy atom. The van der Waals surface area contributed by atoms with E-state index >= 15 is 0 Å². The molecule has 1 aromatic carbocycles. The zero-order chi connectivity index (χ0) is 13.3. The SMILES string of the molecule is COc1cc(OC)c(OC)c(Cl)c1CC1(N)CC1. The van der Waals surface area contributed by atoms with Crippen LogP contribution in [0.2, 0.25) is 5.02 Å². The molecule has 0 amide bonds. The van der Waals surface area contributed by atoms with Gasteiger partial charge in [0.1, 0.15) is 5.75 Å². The molecule has 0 radical (unpaired) electrons. The van der Waals surface area contributed by atoms with Crippen molar-refractivity contribution >= 4 is 11.6 Å². The minimum Gasteiger partial charge on any atom is -0.496 e. The van der Waals surface area contributed by atoms with Gasteiger partial charge in [-0.3, -0.25) is 0 Å². The summed E-state index contributed by atoms with van der Waals surface area (Å²) in [6.45, 7) is 0. The van der Waals surface area contributed by atoms with E-state index in [1.165, 1.54) is 0 Å². The highest BCUT2D eigenvalue weighted by Crippen LogP contribution is 2.46. The van der Waals surface area contributed by atoms with Gasteiger partial charge in [-0.1, -0.05) is 11.6 Å². The highest BCUT2D eigenvalue weighted by atomic mass is 35.5. The summed E-state index contributed by atoms with van der Waals surface area (Å²) >= 11 is 6.37. The molecule has 2 rings (SSSR count). The van der Waals surface area contributed by atoms with Crippen molar-refractivity contribution in [2.75, 3.05) is 21.3 Å². The van der Waals surface area contributed by atoms with Gasteiger partial charge in [-0.2, -0.15) is 0 Å². The molecule has 1 saturated carbocycles. The molecule has 0 atom stereocenters. The highest BCUT2D eigenvalue weighted by Gasteiger charge is 2.40. The molecule has 1 aromatic rings. The van der Waals surface area contributed by atoms with Gasteiger partial charge in [-0.15, -0.1) is 0 Å². The third kappa shape index (κ3) is 2.35. The van der Waals surface area contributed by atoms with Crippen molar-refractivity contribution in [3.05, 3.63) is 16.7 Å². The van der Waals surface area contributed by atoms with Crippen LogP contribution in [0.25, 0.3) is 0 Å². The molecular weight excluding hydrogens is 254 g/mol. The van der Waals surface area contributed by atoms with Gasteiger partial charge < -0.3 is 19.9 Å². The molecule has 5 heteroatoms. The van der Waals surface area contributed by atoms with Crippen molar-refractivity contribution in [1.29, 1.82) is 0 Å². The molecule has 0 heterocycles. The molecule has 100 valence electrons. The second kappa shape index (κ2) is 4.86. The number of rotatable bonds is 5. The molecule has 1 aliphatic rings. The van der Waals surface area contributed by atoms with Crippen LogP contribution in [0, 0.1) is 0 Å². The standard InChI is InChI=1S/C13H18ClNO3/c1-16-9-6-10(17-2)12(18-3)11(14)8(9)7-13(15)4-5-13/h6H,4-5,7,15H2,1-3H3. The van der Waals surface area contributed by atoms with Crippen LogP contribution in [0.5, 0.6) is 17.2 Å². The van der Waals surface area contributed by atoms with E-state index < -0.39 is 0 Å². The molecule has 1 fully saturated rings. The van der Waals surface area contributed by atoms with E-state index in [0.717, 1.165) is 18.4 Å². The minimum absolute atomic E-state index is 0.142. The zero-order valence-electron chi connectivity index (χ0n) is 10.9. The fraction of sp³-hybridized carbons (Fsp3) is 0.538. The molecule has 18 heavy (non-hydrogen) atoms. The molecule has 2 N–H and O–H groups in total. The van der Waals surface area contributed by atoms with Crippen LogP contribution in [0.3, 0.4) is 0 Å². The quantitative estimate of drug-likeness (QED) is 0.893. The Morgan fingerprint density at radius 2 is 1.78 bits per heavy atom. The topological polar surface area (TPSA) is 53.7 Å². The smallest absolute Gasteiger partial charge is 0.179 e. The molecule has 0 unspecified atom stereocenters. The molecule has 0 saturated heterocycles. The largest absolute Gasteiger partial charge is 0.496 e. The van der Waals surface area contributed by atoms with Crippen molar-refractivity contribution in [1.82, 2.24) is 0 Å². The van der Waals surface area contributed by atoms with Crippen molar-refractivity contribution in [3.8, 4) is 17.2 Å². The van der Waals surface area contributed by atoms with Gasteiger partial charge in [0.05, 0.1) is 26.4 Å². The Kier molecular flexibility index (Phi) is 3.59. The second-order valence-corrected chi connectivity index (χ2v) is 5.02. The number of nitrogens with two attached hydrogens (primary N) is 1. The van der Waals surface area contributed by atoms with Gasteiger partial charge >= 0.3 is 0 Å². The van der Waals surface area contributed by atoms with Crippen molar-refractivity contribution < 1.29 is 14.2 Å². The third-order valence-corrected chi connectivity index (χ3v) is 3.71. The Balaban J connectivity index is 2.48. The van der Waals surface area contributed by atoms with Crippen LogP contribution in [0.4, 0.5) is 0 Å². The predicted molar refractivity (Wildman–Crippen MR) is 71.0 cm³/mol. The van der Waals surface area contributed by atoms with Crippen LogP contribution in [0.15, 0.2) is 6.07 Å². The van der Waals surface area contributed by atoms with Gasteiger partial charge in [-0.25, -0.2) is 0 Å². The number of ether oxygens (including phenoxy) is 3. The van der Waals surface area contributed by atoms with E-state index in [1.807, 2.05) is 0 Å². The van der Waals surface area contributed by atoms with Crippen LogP contribution in [-0.4, -0.2) is 26.9 Å². The first-order valence-corrected chi connectivity index (χ1v) is 6.18. The number of halogens is 1. The van der Waals surface area contributed by atoms with E-state index in [1.54, 1.807) is 27.4 Å². The lowest BCUT2D eigenvalue weighted by atomic mass is 10.0. The van der Waals surface area contributed by atoms with Crippen LogP contribution in [0.1, 0.15) is 18.4 Å². The average molecular weight is 272 g/mol. The molecule has 0 aromatic heterocycles. The molecule has 0 bridgehead atoms. The van der Waals surface area contributed by atoms with Gasteiger partial charge in [0, 0.05) is 17.2 Å². The van der Waals surface area contributed by atoms with Crippen LogP contribution >= 0.6 is 11.6 Å². The normalized spacial score (nSPS) is 16.3. The molecule has 0 aliphatic heterocycles. The summed E-state index contributed by atoms with van der Waals surface area (Å²) in [6, 6.07) is 1.78. The maximum absolute atomic E-state index is 6.37. The summed E-state index contributed by atoms with van der Waals surface area (Å²) in [6.07, 6.45) is 2.72. The molecular formula is C13H18ClNO3. The number of hydrogen-bond donors (Lipinski definition) is 1. The van der Waals surface area contributed by atoms with Crippen molar-refractivity contribution in [2.24, 2.45) is 5.73 Å². The summed E-state index contributed by atoms with van der Waals surface area (Å²) in [5.41, 5.74) is 6.89. The van der Waals surface area contributed by atoms with Gasteiger partial charge in [0.15, 0.2) is 11.5 Å². The Bertz CT molecular complexity index is 458. The highest BCUT2D eigenvalue weighted by molar-refractivity contribution is 6.33. The predicted octanol–water partition coefficient (Wildman–Crippen LogP) is 2.40. The average Bonchev–Trinajstić information content (AvgIpc) is 3.09. The Hall–Kier alpha value is -1.13. The summed E-state index contributed by atoms with van der Waals surface area (Å²) in [7, 11) is 4.74. The fourth-order valence-corrected chi connectivity index (χ4v) is 2.33. The third-order valence-electron chi connectivity index (χ3n) is 3.31. The second-order valence-electron chi connectivity index (χ2n) is 4.65. The Labute approximate surface area is 112 Å². The summed E-state index contributed by atoms with van der Waals surface area (Å²) < 4.78 is 15.9. The number of benzene rings is 1. The van der Waals surface area contributed by atoms with E-state index in [-0.39, 0.29) is 5.54 Å². The Morgan fingerprint density at radius 1 is 1.17 bits per heavy atom. The van der Waals surface area contributed by atoms with Crippen LogP contribution < -0.4 is 19.9 Å². The zero-order valence-corrected chi connectivity index (χ0v) is 11.6. The first kappa shape index (κ1) is 13.3. The maximum Gasteiger partial charge on any atom is 0.179 e. The maximum atomic E-state index is 6.37. The fourth-order valence-electron chi connectivity index (χ4n) is 2.00. The van der Waals surface area contributed by atoms with Crippen molar-refractivity contribution in [3.63, 3.8) is 0 Å². The molecule has 1 aliphatic carbocycles. The number of hydrogen-bond acceptors (Lipinski definition) is 4. The minimum atomic E-state index is -0.142. The lowest BCUT2D eigenvalue weighted by Gasteiger charge is -2.18. The summed E-state index contributed by atoms with van der Waals surface area (Å²) in [5, 5.41) is 0.519. The number of methoxy groups -OCH3 is 3. The van der Waals surface area contributed by atoms with E-state index in [0.29, 0.717) is 28.7 Å². The van der Waals surface area contributed by atoms with Gasteiger partial charge in [0.2, 0.25) is 0 Å². The van der Waals surface area contributed by atoms with E-state index in [4.69, 9.17) is 31.5 Å². The molecule has 4 nitrogen and oxygen atoms in total. The first-order valence-electron chi connectivity index (χ1n) is 5.81. The monoisotopic (exact) mass is 271 g/mol. The summed E-state index contributed by atoms with van der Waals surface area (Å²) in [5.74, 6) is 1.78. The summed E-state index contributed by atoms with van der Waals surface area (Å²) in [4.78, 5) is 0. The first-order chi connectivity index (χ1) is 8.54. The molecule has 0 spiro atoms. The van der Waals surface area contributed by atoms with E-state index in [2.05, 4.69) is 0 Å². The van der Waals surface area contributed by atoms with Gasteiger partial charge in [-0.05, 0) is 19.3 Å². The van der Waals surface area contributed by atoms with Gasteiger partial charge in [0.25, 0.3) is 0 Å². The van der Waals surface area contributed by atoms with Crippen molar-refractivity contribution in [2.45, 2.75) is 24.8 Å². The van der Waals surface area contributed by atoms with Crippen LogP contribution in [-0.2, 0) is 6.42 Å².